The average molecular weight is 290 g/mol. The van der Waals surface area contributed by atoms with Gasteiger partial charge in [0.2, 0.25) is 0 Å². The van der Waals surface area contributed by atoms with Crippen LogP contribution in [0.25, 0.3) is 10.2 Å². The van der Waals surface area contributed by atoms with Crippen LogP contribution in [0.5, 0.6) is 0 Å². The molecule has 3 rings (SSSR count). The minimum Gasteiger partial charge on any atom is -0.369 e. The third-order valence-electron chi connectivity index (χ3n) is 3.95. The van der Waals surface area contributed by atoms with Crippen LogP contribution in [0, 0.1) is 0 Å². The van der Waals surface area contributed by atoms with E-state index in [1.54, 1.807) is 17.7 Å². The quantitative estimate of drug-likeness (QED) is 0.800. The van der Waals surface area contributed by atoms with Crippen LogP contribution in [-0.2, 0) is 0 Å². The van der Waals surface area contributed by atoms with Crippen molar-refractivity contribution < 1.29 is 0 Å². The molecular formula is C15H22N4S. The lowest BCUT2D eigenvalue weighted by Crippen LogP contribution is -2.32. The van der Waals surface area contributed by atoms with E-state index >= 15 is 0 Å². The molecule has 1 aliphatic rings. The van der Waals surface area contributed by atoms with Crippen molar-refractivity contribution in [3.05, 3.63) is 17.8 Å². The Hall–Kier alpha value is -1.20. The molecule has 0 aromatic carbocycles. The molecule has 108 valence electrons. The molecule has 0 unspecified atom stereocenters. The van der Waals surface area contributed by atoms with Crippen LogP contribution in [0.3, 0.4) is 0 Å². The Balaban J connectivity index is 1.40. The second-order valence-corrected chi connectivity index (χ2v) is 6.33. The number of thiophene rings is 1. The van der Waals surface area contributed by atoms with Gasteiger partial charge in [0.05, 0.1) is 5.39 Å². The van der Waals surface area contributed by atoms with E-state index < -0.39 is 0 Å². The molecule has 20 heavy (non-hydrogen) atoms. The van der Waals surface area contributed by atoms with E-state index in [2.05, 4.69) is 32.0 Å². The molecule has 0 bridgehead atoms. The fraction of sp³-hybridized carbons (Fsp3) is 0.600. The number of nitrogens with zero attached hydrogens (tertiary/aromatic N) is 2. The molecule has 2 heterocycles. The fourth-order valence-electron chi connectivity index (χ4n) is 2.84. The van der Waals surface area contributed by atoms with Crippen LogP contribution >= 0.6 is 11.3 Å². The number of fused-ring (bicyclic) bond motifs is 1. The van der Waals surface area contributed by atoms with Gasteiger partial charge in [0.1, 0.15) is 17.0 Å². The van der Waals surface area contributed by atoms with Gasteiger partial charge in [-0.15, -0.1) is 11.3 Å². The third-order valence-corrected chi connectivity index (χ3v) is 4.77. The molecule has 4 nitrogen and oxygen atoms in total. The van der Waals surface area contributed by atoms with E-state index in [1.807, 2.05) is 0 Å². The first-order valence-electron chi connectivity index (χ1n) is 7.59. The van der Waals surface area contributed by atoms with Crippen LogP contribution in [0.2, 0.25) is 0 Å². The van der Waals surface area contributed by atoms with Gasteiger partial charge >= 0.3 is 0 Å². The smallest absolute Gasteiger partial charge is 0.138 e. The van der Waals surface area contributed by atoms with Gasteiger partial charge in [0.15, 0.2) is 0 Å². The molecule has 1 saturated carbocycles. The van der Waals surface area contributed by atoms with Gasteiger partial charge < -0.3 is 10.6 Å². The summed E-state index contributed by atoms with van der Waals surface area (Å²) in [6.45, 7) is 2.05. The van der Waals surface area contributed by atoms with Crippen molar-refractivity contribution in [2.24, 2.45) is 0 Å². The van der Waals surface area contributed by atoms with Crippen molar-refractivity contribution in [2.75, 3.05) is 18.4 Å². The van der Waals surface area contributed by atoms with Crippen molar-refractivity contribution in [1.29, 1.82) is 0 Å². The zero-order chi connectivity index (χ0) is 13.6. The Morgan fingerprint density at radius 1 is 1.15 bits per heavy atom. The van der Waals surface area contributed by atoms with E-state index in [9.17, 15) is 0 Å². The lowest BCUT2D eigenvalue weighted by atomic mass is 9.95. The summed E-state index contributed by atoms with van der Waals surface area (Å²) in [4.78, 5) is 9.65. The van der Waals surface area contributed by atoms with Crippen molar-refractivity contribution in [3.63, 3.8) is 0 Å². The summed E-state index contributed by atoms with van der Waals surface area (Å²) < 4.78 is 0. The van der Waals surface area contributed by atoms with Crippen molar-refractivity contribution in [1.82, 2.24) is 15.3 Å². The van der Waals surface area contributed by atoms with E-state index in [0.717, 1.165) is 41.6 Å². The van der Waals surface area contributed by atoms with E-state index in [4.69, 9.17) is 0 Å². The van der Waals surface area contributed by atoms with Crippen molar-refractivity contribution in [2.45, 2.75) is 44.6 Å². The highest BCUT2D eigenvalue weighted by atomic mass is 32.1. The molecule has 0 aliphatic heterocycles. The molecular weight excluding hydrogens is 268 g/mol. The molecule has 5 heteroatoms. The predicted molar refractivity (Wildman–Crippen MR) is 85.4 cm³/mol. The Morgan fingerprint density at radius 2 is 2.05 bits per heavy atom. The van der Waals surface area contributed by atoms with Gasteiger partial charge in [-0.1, -0.05) is 19.3 Å². The Labute approximate surface area is 124 Å². The van der Waals surface area contributed by atoms with Crippen LogP contribution in [0.1, 0.15) is 38.5 Å². The summed E-state index contributed by atoms with van der Waals surface area (Å²) in [5, 5.41) is 10.3. The zero-order valence-corrected chi connectivity index (χ0v) is 12.6. The molecule has 0 radical (unpaired) electrons. The summed E-state index contributed by atoms with van der Waals surface area (Å²) in [6.07, 6.45) is 9.70. The number of hydrogen-bond donors (Lipinski definition) is 2. The first kappa shape index (κ1) is 13.8. The minimum atomic E-state index is 0.756. The van der Waals surface area contributed by atoms with Gasteiger partial charge in [-0.25, -0.2) is 9.97 Å². The van der Waals surface area contributed by atoms with Gasteiger partial charge in [0, 0.05) is 12.6 Å². The van der Waals surface area contributed by atoms with E-state index in [1.165, 1.54) is 32.1 Å². The standard InChI is InChI=1S/C15H22N4S/c1-2-5-12(6-3-1)16-8-4-9-17-14-13-7-10-20-15(13)19-11-18-14/h7,10-12,16H,1-6,8-9H2,(H,17,18,19). The minimum absolute atomic E-state index is 0.756. The largest absolute Gasteiger partial charge is 0.369 e. The van der Waals surface area contributed by atoms with Crippen LogP contribution < -0.4 is 10.6 Å². The zero-order valence-electron chi connectivity index (χ0n) is 11.8. The molecule has 1 fully saturated rings. The first-order valence-corrected chi connectivity index (χ1v) is 8.47. The van der Waals surface area contributed by atoms with Gasteiger partial charge in [-0.2, -0.15) is 0 Å². The number of nitrogens with one attached hydrogen (secondary N) is 2. The summed E-state index contributed by atoms with van der Waals surface area (Å²) in [7, 11) is 0. The summed E-state index contributed by atoms with van der Waals surface area (Å²) in [5.74, 6) is 0.967. The highest BCUT2D eigenvalue weighted by molar-refractivity contribution is 7.16. The van der Waals surface area contributed by atoms with Gasteiger partial charge in [-0.05, 0) is 37.3 Å². The molecule has 0 spiro atoms. The summed E-state index contributed by atoms with van der Waals surface area (Å²) >= 11 is 1.66. The molecule has 2 aromatic rings. The van der Waals surface area contributed by atoms with Crippen LogP contribution in [0.4, 0.5) is 5.82 Å². The third kappa shape index (κ3) is 3.46. The monoisotopic (exact) mass is 290 g/mol. The Morgan fingerprint density at radius 3 is 2.95 bits per heavy atom. The SMILES string of the molecule is c1nc(NCCCNC2CCCCC2)c2ccsc2n1. The molecule has 0 saturated heterocycles. The molecule has 2 N–H and O–H groups in total. The molecule has 0 atom stereocenters. The topological polar surface area (TPSA) is 49.8 Å². The normalized spacial score (nSPS) is 16.6. The number of anilines is 1. The first-order chi connectivity index (χ1) is 9.93. The van der Waals surface area contributed by atoms with Gasteiger partial charge in [0.25, 0.3) is 0 Å². The highest BCUT2D eigenvalue weighted by Gasteiger charge is 2.11. The maximum Gasteiger partial charge on any atom is 0.138 e. The maximum atomic E-state index is 4.33. The van der Waals surface area contributed by atoms with Gasteiger partial charge in [-0.3, -0.25) is 0 Å². The lowest BCUT2D eigenvalue weighted by Gasteiger charge is -2.22. The predicted octanol–water partition coefficient (Wildman–Crippen LogP) is 3.42. The lowest BCUT2D eigenvalue weighted by molar-refractivity contribution is 0.373. The molecule has 0 amide bonds. The summed E-state index contributed by atoms with van der Waals surface area (Å²) in [5.41, 5.74) is 0. The average Bonchev–Trinajstić information content (AvgIpc) is 2.97. The fourth-order valence-corrected chi connectivity index (χ4v) is 3.57. The Bertz CT molecular complexity index is 533. The number of hydrogen-bond acceptors (Lipinski definition) is 5. The maximum absolute atomic E-state index is 4.33. The van der Waals surface area contributed by atoms with Crippen molar-refractivity contribution in [3.8, 4) is 0 Å². The summed E-state index contributed by atoms with van der Waals surface area (Å²) in [6, 6.07) is 2.84. The van der Waals surface area contributed by atoms with Crippen LogP contribution in [-0.4, -0.2) is 29.1 Å². The highest BCUT2D eigenvalue weighted by Crippen LogP contribution is 2.23. The second-order valence-electron chi connectivity index (χ2n) is 5.43. The van der Waals surface area contributed by atoms with E-state index in [-0.39, 0.29) is 0 Å². The number of rotatable bonds is 6. The molecule has 1 aliphatic carbocycles. The number of aromatic nitrogens is 2. The second kappa shape index (κ2) is 6.99. The molecule has 2 aromatic heterocycles. The van der Waals surface area contributed by atoms with Crippen molar-refractivity contribution >= 4 is 27.4 Å². The van der Waals surface area contributed by atoms with E-state index in [0.29, 0.717) is 0 Å². The Kier molecular flexibility index (Phi) is 4.82. The van der Waals surface area contributed by atoms with Crippen LogP contribution in [0.15, 0.2) is 17.8 Å².